The van der Waals surface area contributed by atoms with E-state index in [9.17, 15) is 0 Å². The Balaban J connectivity index is 2.11. The molecular weight excluding hydrogens is 276 g/mol. The first-order valence-corrected chi connectivity index (χ1v) is 6.06. The van der Waals surface area contributed by atoms with Crippen molar-refractivity contribution in [2.24, 2.45) is 0 Å². The summed E-state index contributed by atoms with van der Waals surface area (Å²) in [5.41, 5.74) is 7.74. The van der Waals surface area contributed by atoms with Crippen LogP contribution in [0.3, 0.4) is 0 Å². The van der Waals surface area contributed by atoms with Crippen LogP contribution in [-0.2, 0) is 5.75 Å². The van der Waals surface area contributed by atoms with E-state index < -0.39 is 0 Å². The van der Waals surface area contributed by atoms with Crippen molar-refractivity contribution in [2.45, 2.75) is 10.9 Å². The van der Waals surface area contributed by atoms with Gasteiger partial charge in [-0.3, -0.25) is 5.10 Å². The monoisotopic (exact) mass is 284 g/mol. The van der Waals surface area contributed by atoms with E-state index in [0.717, 1.165) is 26.6 Å². The number of aromatic nitrogens is 3. The van der Waals surface area contributed by atoms with Crippen molar-refractivity contribution >= 4 is 33.4 Å². The van der Waals surface area contributed by atoms with Gasteiger partial charge in [0.15, 0.2) is 5.16 Å². The quantitative estimate of drug-likeness (QED) is 0.671. The number of anilines is 1. The highest BCUT2D eigenvalue weighted by Gasteiger charge is 2.05. The second kappa shape index (κ2) is 4.67. The van der Waals surface area contributed by atoms with Crippen LogP contribution < -0.4 is 5.73 Å². The molecule has 0 radical (unpaired) electrons. The Morgan fingerprint density at radius 3 is 3.00 bits per heavy atom. The molecular formula is C9H9BrN4S. The summed E-state index contributed by atoms with van der Waals surface area (Å²) in [6, 6.07) is 5.79. The fourth-order valence-corrected chi connectivity index (χ4v) is 2.68. The molecule has 0 amide bonds. The van der Waals surface area contributed by atoms with Crippen molar-refractivity contribution in [1.82, 2.24) is 15.2 Å². The Kier molecular flexibility index (Phi) is 3.27. The summed E-state index contributed by atoms with van der Waals surface area (Å²) in [6.45, 7) is 0. The average Bonchev–Trinajstić information content (AvgIpc) is 2.70. The van der Waals surface area contributed by atoms with Crippen LogP contribution >= 0.6 is 27.7 Å². The summed E-state index contributed by atoms with van der Waals surface area (Å²) in [4.78, 5) is 4.03. The van der Waals surface area contributed by atoms with Crippen LogP contribution in [0.15, 0.2) is 34.2 Å². The van der Waals surface area contributed by atoms with Gasteiger partial charge in [-0.15, -0.1) is 0 Å². The van der Waals surface area contributed by atoms with Crippen LogP contribution in [0.4, 0.5) is 5.69 Å². The molecule has 0 saturated carbocycles. The molecule has 0 fully saturated rings. The molecule has 0 saturated heterocycles. The minimum atomic E-state index is 0.766. The maximum atomic E-state index is 5.87. The molecule has 2 rings (SSSR count). The summed E-state index contributed by atoms with van der Waals surface area (Å²) >= 11 is 5.04. The van der Waals surface area contributed by atoms with Gasteiger partial charge in [0.25, 0.3) is 0 Å². The first kappa shape index (κ1) is 10.5. The molecule has 4 nitrogen and oxygen atoms in total. The highest BCUT2D eigenvalue weighted by Crippen LogP contribution is 2.28. The number of nitrogens with one attached hydrogen (secondary N) is 1. The van der Waals surface area contributed by atoms with Gasteiger partial charge in [0.1, 0.15) is 6.33 Å². The zero-order valence-corrected chi connectivity index (χ0v) is 10.2. The van der Waals surface area contributed by atoms with E-state index >= 15 is 0 Å². The van der Waals surface area contributed by atoms with Crippen molar-refractivity contribution in [3.8, 4) is 0 Å². The van der Waals surface area contributed by atoms with Gasteiger partial charge in [-0.05, 0) is 17.7 Å². The lowest BCUT2D eigenvalue weighted by Gasteiger charge is -2.06. The minimum Gasteiger partial charge on any atom is -0.398 e. The van der Waals surface area contributed by atoms with Crippen LogP contribution in [0.1, 0.15) is 5.56 Å². The lowest BCUT2D eigenvalue weighted by molar-refractivity contribution is 0.973. The van der Waals surface area contributed by atoms with Crippen molar-refractivity contribution in [3.05, 3.63) is 34.6 Å². The molecule has 2 aromatic rings. The zero-order chi connectivity index (χ0) is 10.7. The van der Waals surface area contributed by atoms with E-state index in [1.54, 1.807) is 11.8 Å². The maximum absolute atomic E-state index is 5.87. The number of rotatable bonds is 3. The average molecular weight is 285 g/mol. The second-order valence-electron chi connectivity index (χ2n) is 2.89. The van der Waals surface area contributed by atoms with Gasteiger partial charge in [0.05, 0.1) is 0 Å². The van der Waals surface area contributed by atoms with Gasteiger partial charge in [0, 0.05) is 15.9 Å². The number of hydrogen-bond acceptors (Lipinski definition) is 4. The largest absolute Gasteiger partial charge is 0.398 e. The molecule has 0 unspecified atom stereocenters. The Morgan fingerprint density at radius 1 is 1.47 bits per heavy atom. The summed E-state index contributed by atoms with van der Waals surface area (Å²) in [6.07, 6.45) is 1.49. The summed E-state index contributed by atoms with van der Waals surface area (Å²) in [7, 11) is 0. The third-order valence-electron chi connectivity index (χ3n) is 1.90. The van der Waals surface area contributed by atoms with E-state index in [4.69, 9.17) is 5.73 Å². The third-order valence-corrected chi connectivity index (χ3v) is 3.55. The first-order chi connectivity index (χ1) is 7.27. The van der Waals surface area contributed by atoms with Crippen molar-refractivity contribution in [1.29, 1.82) is 0 Å². The number of benzene rings is 1. The standard InChI is InChI=1S/C9H9BrN4S/c10-7-2-1-3-8(11)6(7)4-15-9-12-5-13-14-9/h1-3,5H,4,11H2,(H,12,13,14). The molecule has 1 aromatic heterocycles. The highest BCUT2D eigenvalue weighted by atomic mass is 79.9. The van der Waals surface area contributed by atoms with E-state index in [1.165, 1.54) is 6.33 Å². The SMILES string of the molecule is Nc1cccc(Br)c1CSc1ncn[nH]1. The highest BCUT2D eigenvalue weighted by molar-refractivity contribution is 9.10. The Morgan fingerprint density at radius 2 is 2.33 bits per heavy atom. The van der Waals surface area contributed by atoms with Gasteiger partial charge in [-0.2, -0.15) is 5.10 Å². The van der Waals surface area contributed by atoms with Gasteiger partial charge >= 0.3 is 0 Å². The molecule has 0 bridgehead atoms. The molecule has 15 heavy (non-hydrogen) atoms. The molecule has 1 heterocycles. The Bertz CT molecular complexity index is 423. The van der Waals surface area contributed by atoms with Gasteiger partial charge < -0.3 is 5.73 Å². The molecule has 0 spiro atoms. The number of aromatic amines is 1. The van der Waals surface area contributed by atoms with E-state index in [1.807, 2.05) is 18.2 Å². The lowest BCUT2D eigenvalue weighted by Crippen LogP contribution is -1.93. The number of nitrogens with two attached hydrogens (primary N) is 1. The fourth-order valence-electron chi connectivity index (χ4n) is 1.13. The van der Waals surface area contributed by atoms with Gasteiger partial charge in [-0.25, -0.2) is 4.98 Å². The second-order valence-corrected chi connectivity index (χ2v) is 4.71. The summed E-state index contributed by atoms with van der Waals surface area (Å²) < 4.78 is 1.02. The van der Waals surface area contributed by atoms with Crippen LogP contribution in [0.2, 0.25) is 0 Å². The van der Waals surface area contributed by atoms with E-state index in [-0.39, 0.29) is 0 Å². The number of halogens is 1. The predicted molar refractivity (Wildman–Crippen MR) is 64.5 cm³/mol. The van der Waals surface area contributed by atoms with Crippen LogP contribution in [0, 0.1) is 0 Å². The molecule has 0 aliphatic carbocycles. The lowest BCUT2D eigenvalue weighted by atomic mass is 10.2. The summed E-state index contributed by atoms with van der Waals surface area (Å²) in [5.74, 6) is 0.766. The Hall–Kier alpha value is -1.01. The molecule has 0 aliphatic rings. The normalized spacial score (nSPS) is 10.5. The number of nitrogen functional groups attached to an aromatic ring is 1. The first-order valence-electron chi connectivity index (χ1n) is 4.28. The van der Waals surface area contributed by atoms with Gasteiger partial charge in [-0.1, -0.05) is 33.8 Å². The topological polar surface area (TPSA) is 67.6 Å². The molecule has 78 valence electrons. The number of thioether (sulfide) groups is 1. The van der Waals surface area contributed by atoms with Gasteiger partial charge in [0.2, 0.25) is 0 Å². The smallest absolute Gasteiger partial charge is 0.183 e. The zero-order valence-electron chi connectivity index (χ0n) is 7.77. The molecule has 0 atom stereocenters. The molecule has 3 N–H and O–H groups in total. The molecule has 0 aliphatic heterocycles. The minimum absolute atomic E-state index is 0.766. The van der Waals surface area contributed by atoms with E-state index in [0.29, 0.717) is 0 Å². The fraction of sp³-hybridized carbons (Fsp3) is 0.111. The molecule has 1 aromatic carbocycles. The number of H-pyrrole nitrogens is 1. The number of hydrogen-bond donors (Lipinski definition) is 2. The third kappa shape index (κ3) is 2.51. The summed E-state index contributed by atoms with van der Waals surface area (Å²) in [5, 5.41) is 7.37. The Labute approximate surface area is 99.8 Å². The van der Waals surface area contributed by atoms with Crippen LogP contribution in [0.25, 0.3) is 0 Å². The van der Waals surface area contributed by atoms with Crippen molar-refractivity contribution < 1.29 is 0 Å². The van der Waals surface area contributed by atoms with Crippen LogP contribution in [-0.4, -0.2) is 15.2 Å². The maximum Gasteiger partial charge on any atom is 0.183 e. The predicted octanol–water partition coefficient (Wildman–Crippen LogP) is 2.44. The van der Waals surface area contributed by atoms with Crippen LogP contribution in [0.5, 0.6) is 0 Å². The van der Waals surface area contributed by atoms with Crippen molar-refractivity contribution in [2.75, 3.05) is 5.73 Å². The number of nitrogens with zero attached hydrogens (tertiary/aromatic N) is 2. The molecule has 6 heteroatoms. The van der Waals surface area contributed by atoms with E-state index in [2.05, 4.69) is 31.1 Å². The van der Waals surface area contributed by atoms with Crippen molar-refractivity contribution in [3.63, 3.8) is 0 Å².